The van der Waals surface area contributed by atoms with Crippen LogP contribution < -0.4 is 4.90 Å². The van der Waals surface area contributed by atoms with Crippen LogP contribution in [0.3, 0.4) is 0 Å². The van der Waals surface area contributed by atoms with Crippen molar-refractivity contribution in [1.29, 1.82) is 0 Å². The third-order valence-electron chi connectivity index (χ3n) is 3.61. The van der Waals surface area contributed by atoms with Crippen LogP contribution >= 0.6 is 40.0 Å². The molecule has 0 aliphatic heterocycles. The minimum atomic E-state index is -0.901. The van der Waals surface area contributed by atoms with Gasteiger partial charge in [0.15, 0.2) is 11.6 Å². The zero-order chi connectivity index (χ0) is 20.7. The van der Waals surface area contributed by atoms with Crippen molar-refractivity contribution in [2.75, 3.05) is 4.90 Å². The van der Waals surface area contributed by atoms with Crippen molar-refractivity contribution < 1.29 is 34.0 Å². The molecule has 0 saturated heterocycles. The number of halogens is 3. The van der Waals surface area contributed by atoms with Gasteiger partial charge in [0.2, 0.25) is 0 Å². The summed E-state index contributed by atoms with van der Waals surface area (Å²) < 4.78 is 13.6. The summed E-state index contributed by atoms with van der Waals surface area (Å²) >= 11 is 4.74. The van der Waals surface area contributed by atoms with Gasteiger partial charge in [-0.1, -0.05) is 0 Å². The molecule has 3 N–H and O–H groups in total. The van der Waals surface area contributed by atoms with Gasteiger partial charge in [0.1, 0.15) is 11.5 Å². The number of carbonyl (C=O) groups is 1. The van der Waals surface area contributed by atoms with Gasteiger partial charge in [0.25, 0.3) is 5.91 Å². The van der Waals surface area contributed by atoms with Crippen LogP contribution in [0, 0.1) is 5.82 Å². The summed E-state index contributed by atoms with van der Waals surface area (Å²) in [5.41, 5.74) is 0.931. The first-order chi connectivity index (χ1) is 13.4. The molecule has 3 aromatic carbocycles. The molecule has 0 radical (unpaired) electrons. The molecule has 0 atom stereocenters. The summed E-state index contributed by atoms with van der Waals surface area (Å²) in [5, 5.41) is 28.2. The molecular formula is C19H14FI2NO4V. The molecule has 5 nitrogen and oxygen atoms in total. The number of phenolic OH excluding ortho intramolecular Hbond substituents is 3. The van der Waals surface area contributed by atoms with E-state index in [-0.39, 0.29) is 17.1 Å². The zero-order valence-corrected chi connectivity index (χ0v) is 19.8. The molecule has 9 heteroatoms. The third-order valence-corrected chi connectivity index (χ3v) is 3.61. The maximum atomic E-state index is 13.6. The van der Waals surface area contributed by atoms with E-state index in [0.717, 1.165) is 12.1 Å². The predicted octanol–water partition coefficient (Wildman–Crippen LogP) is 5.69. The first-order valence-corrected chi connectivity index (χ1v) is 16.7. The Morgan fingerprint density at radius 2 is 1.25 bits per heavy atom. The Labute approximate surface area is 190 Å². The van der Waals surface area contributed by atoms with Crippen molar-refractivity contribution in [2.24, 2.45) is 0 Å². The van der Waals surface area contributed by atoms with Crippen LogP contribution in [0.15, 0.2) is 66.7 Å². The fraction of sp³-hybridized carbons (Fsp3) is 0. The minimum absolute atomic E-state index is 0.0384. The zero-order valence-electron chi connectivity index (χ0n) is 14.1. The molecule has 1 amide bonds. The average Bonchev–Trinajstić information content (AvgIpc) is 2.68. The molecule has 3 rings (SSSR count). The number of phenols is 3. The van der Waals surface area contributed by atoms with E-state index in [1.165, 1.54) is 59.5 Å². The van der Waals surface area contributed by atoms with Gasteiger partial charge < -0.3 is 15.3 Å². The second-order valence-electron chi connectivity index (χ2n) is 5.40. The monoisotopic (exact) mass is 644 g/mol. The fourth-order valence-corrected chi connectivity index (χ4v) is 2.36. The van der Waals surface area contributed by atoms with Gasteiger partial charge in [0.05, 0.1) is 0 Å². The van der Waals surface area contributed by atoms with Crippen LogP contribution in [-0.4, -0.2) is 21.2 Å². The molecular weight excluding hydrogens is 630 g/mol. The van der Waals surface area contributed by atoms with Crippen molar-refractivity contribution >= 4 is 57.2 Å². The topological polar surface area (TPSA) is 81.0 Å². The normalized spacial score (nSPS) is 9.82. The Morgan fingerprint density at radius 1 is 0.821 bits per heavy atom. The van der Waals surface area contributed by atoms with Crippen LogP contribution in [0.25, 0.3) is 0 Å². The molecule has 0 fully saturated rings. The van der Waals surface area contributed by atoms with E-state index in [4.69, 9.17) is 0 Å². The van der Waals surface area contributed by atoms with Crippen LogP contribution in [0.1, 0.15) is 10.4 Å². The number of hydrogen-bond acceptors (Lipinski definition) is 4. The quantitative estimate of drug-likeness (QED) is 0.321. The summed E-state index contributed by atoms with van der Waals surface area (Å²) in [6, 6.07) is 15.2. The van der Waals surface area contributed by atoms with E-state index in [1.54, 1.807) is 0 Å². The first-order valence-electron chi connectivity index (χ1n) is 7.70. The summed E-state index contributed by atoms with van der Waals surface area (Å²) in [6.07, 6.45) is 0. The number of carbonyl (C=O) groups excluding carboxylic acids is 1. The van der Waals surface area contributed by atoms with Gasteiger partial charge in [-0.2, -0.15) is 0 Å². The number of amides is 1. The number of benzene rings is 3. The maximum absolute atomic E-state index is 13.6. The van der Waals surface area contributed by atoms with Gasteiger partial charge in [-0.25, -0.2) is 4.39 Å². The number of nitrogens with zero attached hydrogens (tertiary/aromatic N) is 1. The molecule has 3 aromatic rings. The van der Waals surface area contributed by atoms with Crippen molar-refractivity contribution in [3.8, 4) is 17.2 Å². The van der Waals surface area contributed by atoms with Gasteiger partial charge in [-0.15, -0.1) is 0 Å². The van der Waals surface area contributed by atoms with Crippen LogP contribution in [-0.2, 0) is 9.47 Å². The summed E-state index contributed by atoms with van der Waals surface area (Å²) in [4.78, 5) is 14.2. The average molecular weight is 644 g/mol. The van der Waals surface area contributed by atoms with Gasteiger partial charge in [-0.3, -0.25) is 9.69 Å². The molecule has 0 aliphatic rings. The van der Waals surface area contributed by atoms with E-state index >= 15 is 0 Å². The number of hydrogen-bond donors (Lipinski definition) is 3. The number of aromatic hydroxyl groups is 3. The Morgan fingerprint density at radius 3 is 1.64 bits per heavy atom. The molecule has 0 bridgehead atoms. The Hall–Kier alpha value is -1.50. The van der Waals surface area contributed by atoms with E-state index < -0.39 is 17.5 Å². The molecule has 0 heterocycles. The van der Waals surface area contributed by atoms with Crippen molar-refractivity contribution in [1.82, 2.24) is 0 Å². The van der Waals surface area contributed by atoms with Gasteiger partial charge >= 0.3 is 49.4 Å². The Balaban J connectivity index is 0.000000878. The SMILES string of the molecule is O=C(c1ccc(O)c(F)c1)N(c1ccc(O)cc1)c1ccc(O)cc1.[I][V][I]. The van der Waals surface area contributed by atoms with Crippen LogP contribution in [0.2, 0.25) is 0 Å². The first kappa shape index (κ1) is 22.8. The summed E-state index contributed by atoms with van der Waals surface area (Å²) in [6.45, 7) is 0. The van der Waals surface area contributed by atoms with Gasteiger partial charge in [-0.05, 0) is 66.7 Å². The van der Waals surface area contributed by atoms with E-state index in [9.17, 15) is 24.5 Å². The third kappa shape index (κ3) is 6.00. The summed E-state index contributed by atoms with van der Waals surface area (Å²) in [7, 11) is 0.628. The van der Waals surface area contributed by atoms with Crippen molar-refractivity contribution in [2.45, 2.75) is 0 Å². The van der Waals surface area contributed by atoms with Crippen LogP contribution in [0.4, 0.5) is 15.8 Å². The van der Waals surface area contributed by atoms with E-state index in [1.807, 2.05) is 0 Å². The van der Waals surface area contributed by atoms with E-state index in [2.05, 4.69) is 40.0 Å². The number of anilines is 2. The Bertz CT molecular complexity index is 894. The Kier molecular flexibility index (Phi) is 8.86. The summed E-state index contributed by atoms with van der Waals surface area (Å²) in [5.74, 6) is -1.90. The molecule has 0 aromatic heterocycles. The van der Waals surface area contributed by atoms with E-state index in [0.29, 0.717) is 20.8 Å². The molecule has 0 unspecified atom stereocenters. The number of rotatable bonds is 3. The van der Waals surface area contributed by atoms with Gasteiger partial charge in [0, 0.05) is 16.9 Å². The second-order valence-corrected chi connectivity index (χ2v) is 17.2. The van der Waals surface area contributed by atoms with Crippen LogP contribution in [0.5, 0.6) is 17.2 Å². The van der Waals surface area contributed by atoms with Crippen molar-refractivity contribution in [3.05, 3.63) is 78.1 Å². The standard InChI is InChI=1S/C19H14FNO4.2HI.V/c20-17-11-12(1-10-18(17)24)19(25)21(13-2-6-15(22)7-3-13)14-4-8-16(23)9-5-14;;;/h1-11,22-24H;2*1H;/q;;;+2/p-2. The molecule has 28 heavy (non-hydrogen) atoms. The van der Waals surface area contributed by atoms with Crippen molar-refractivity contribution in [3.63, 3.8) is 0 Å². The molecule has 145 valence electrons. The fourth-order valence-electron chi connectivity index (χ4n) is 2.36. The molecule has 0 aliphatic carbocycles. The predicted molar refractivity (Wildman–Crippen MR) is 119 cm³/mol. The molecule has 0 saturated carbocycles. The molecule has 0 spiro atoms. The second kappa shape index (κ2) is 10.9.